The van der Waals surface area contributed by atoms with Gasteiger partial charge in [-0.05, 0) is 36.6 Å². The van der Waals surface area contributed by atoms with Crippen LogP contribution in [0.4, 0.5) is 0 Å². The summed E-state index contributed by atoms with van der Waals surface area (Å²) in [5.41, 5.74) is 2.42. The number of methoxy groups -OCH3 is 2. The Labute approximate surface area is 105 Å². The molecule has 0 aliphatic heterocycles. The lowest BCUT2D eigenvalue weighted by Crippen LogP contribution is -1.91. The number of allylic oxidation sites excluding steroid dienone is 2. The van der Waals surface area contributed by atoms with Crippen LogP contribution in [0.15, 0.2) is 24.3 Å². The van der Waals surface area contributed by atoms with Crippen LogP contribution in [0, 0.1) is 0 Å². The van der Waals surface area contributed by atoms with E-state index in [-0.39, 0.29) is 0 Å². The zero-order chi connectivity index (χ0) is 12.0. The molecule has 0 amide bonds. The Bertz CT molecular complexity index is 372. The van der Waals surface area contributed by atoms with Gasteiger partial charge in [-0.15, -0.1) is 0 Å². The maximum atomic E-state index is 5.27. The molecule has 0 radical (unpaired) electrons. The molecule has 88 valence electrons. The van der Waals surface area contributed by atoms with Crippen molar-refractivity contribution in [2.75, 3.05) is 19.5 Å². The van der Waals surface area contributed by atoms with Crippen LogP contribution in [0.3, 0.4) is 0 Å². The molecule has 1 rings (SSSR count). The number of rotatable bonds is 5. The van der Waals surface area contributed by atoms with Gasteiger partial charge in [0.15, 0.2) is 11.5 Å². The Morgan fingerprint density at radius 2 is 1.94 bits per heavy atom. The third-order valence-electron chi connectivity index (χ3n) is 2.40. The first-order chi connectivity index (χ1) is 7.72. The van der Waals surface area contributed by atoms with Crippen LogP contribution < -0.4 is 9.47 Å². The van der Waals surface area contributed by atoms with Crippen LogP contribution >= 0.6 is 15.9 Å². The summed E-state index contributed by atoms with van der Waals surface area (Å²) in [6, 6.07) is 5.97. The molecule has 16 heavy (non-hydrogen) atoms. The predicted octanol–water partition coefficient (Wildman–Crippen LogP) is 3.89. The van der Waals surface area contributed by atoms with Crippen molar-refractivity contribution >= 4 is 21.5 Å². The topological polar surface area (TPSA) is 18.5 Å². The summed E-state index contributed by atoms with van der Waals surface area (Å²) in [5.74, 6) is 1.53. The first-order valence-electron chi connectivity index (χ1n) is 5.18. The highest BCUT2D eigenvalue weighted by molar-refractivity contribution is 9.09. The van der Waals surface area contributed by atoms with Gasteiger partial charge in [-0.25, -0.2) is 0 Å². The highest BCUT2D eigenvalue weighted by atomic mass is 79.9. The monoisotopic (exact) mass is 284 g/mol. The summed E-state index contributed by atoms with van der Waals surface area (Å²) in [4.78, 5) is 0. The van der Waals surface area contributed by atoms with Gasteiger partial charge >= 0.3 is 0 Å². The minimum atomic E-state index is 0.763. The number of ether oxygens (including phenoxy) is 2. The Morgan fingerprint density at radius 3 is 2.50 bits per heavy atom. The highest BCUT2D eigenvalue weighted by Gasteiger charge is 2.05. The average molecular weight is 285 g/mol. The molecule has 1 aromatic rings. The molecule has 0 saturated carbocycles. The highest BCUT2D eigenvalue weighted by Crippen LogP contribution is 2.30. The summed E-state index contributed by atoms with van der Waals surface area (Å²) < 4.78 is 10.5. The number of benzene rings is 1. The van der Waals surface area contributed by atoms with E-state index < -0.39 is 0 Å². The minimum absolute atomic E-state index is 0.763. The van der Waals surface area contributed by atoms with Gasteiger partial charge in [0, 0.05) is 5.33 Å². The second-order valence-electron chi connectivity index (χ2n) is 3.43. The zero-order valence-corrected chi connectivity index (χ0v) is 11.5. The fourth-order valence-electron chi connectivity index (χ4n) is 1.47. The molecule has 0 N–H and O–H groups in total. The van der Waals surface area contributed by atoms with Gasteiger partial charge in [-0.2, -0.15) is 0 Å². The van der Waals surface area contributed by atoms with E-state index in [1.165, 1.54) is 11.1 Å². The average Bonchev–Trinajstić information content (AvgIpc) is 2.34. The van der Waals surface area contributed by atoms with Crippen LogP contribution in [0.1, 0.15) is 18.9 Å². The fourth-order valence-corrected chi connectivity index (χ4v) is 1.70. The molecule has 0 aliphatic rings. The molecular weight excluding hydrogens is 268 g/mol. The van der Waals surface area contributed by atoms with Crippen molar-refractivity contribution in [3.05, 3.63) is 29.8 Å². The van der Waals surface area contributed by atoms with Gasteiger partial charge in [0.2, 0.25) is 0 Å². The lowest BCUT2D eigenvalue weighted by molar-refractivity contribution is 0.355. The Kier molecular flexibility index (Phi) is 5.39. The molecule has 0 fully saturated rings. The molecule has 3 heteroatoms. The fraction of sp³-hybridized carbons (Fsp3) is 0.385. The van der Waals surface area contributed by atoms with E-state index in [2.05, 4.69) is 28.9 Å². The number of hydrogen-bond acceptors (Lipinski definition) is 2. The van der Waals surface area contributed by atoms with Crippen molar-refractivity contribution in [3.8, 4) is 11.5 Å². The number of hydrogen-bond donors (Lipinski definition) is 0. The van der Waals surface area contributed by atoms with E-state index in [1.807, 2.05) is 18.2 Å². The molecule has 0 unspecified atom stereocenters. The first-order valence-corrected chi connectivity index (χ1v) is 6.30. The lowest BCUT2D eigenvalue weighted by atomic mass is 10.1. The third kappa shape index (κ3) is 3.27. The summed E-state index contributed by atoms with van der Waals surface area (Å²) in [7, 11) is 3.30. The van der Waals surface area contributed by atoms with E-state index >= 15 is 0 Å². The van der Waals surface area contributed by atoms with Crippen LogP contribution in [0.25, 0.3) is 5.57 Å². The van der Waals surface area contributed by atoms with Crippen molar-refractivity contribution in [2.45, 2.75) is 13.3 Å². The second-order valence-corrected chi connectivity index (χ2v) is 4.23. The normalized spacial score (nSPS) is 11.4. The van der Waals surface area contributed by atoms with Gasteiger partial charge in [-0.1, -0.05) is 28.1 Å². The van der Waals surface area contributed by atoms with Crippen LogP contribution in [0.2, 0.25) is 0 Å². The smallest absolute Gasteiger partial charge is 0.161 e. The Hall–Kier alpha value is -0.960. The maximum Gasteiger partial charge on any atom is 0.161 e. The van der Waals surface area contributed by atoms with Crippen LogP contribution in [0.5, 0.6) is 11.5 Å². The lowest BCUT2D eigenvalue weighted by Gasteiger charge is -2.09. The van der Waals surface area contributed by atoms with Gasteiger partial charge in [-0.3, -0.25) is 0 Å². The van der Waals surface area contributed by atoms with E-state index in [9.17, 15) is 0 Å². The van der Waals surface area contributed by atoms with Gasteiger partial charge < -0.3 is 9.47 Å². The first kappa shape index (κ1) is 13.1. The van der Waals surface area contributed by atoms with E-state index in [0.717, 1.165) is 23.2 Å². The molecule has 0 bridgehead atoms. The van der Waals surface area contributed by atoms with Gasteiger partial charge in [0.05, 0.1) is 14.2 Å². The maximum absolute atomic E-state index is 5.27. The molecule has 0 aliphatic carbocycles. The standard InChI is InChI=1S/C13H17BrO2/c1-10(5-4-8-14)11-6-7-12(15-2)13(9-11)16-3/h5-7,9H,4,8H2,1-3H3/b10-5+. The van der Waals surface area contributed by atoms with Crippen molar-refractivity contribution in [3.63, 3.8) is 0 Å². The number of halogens is 1. The molecule has 2 nitrogen and oxygen atoms in total. The summed E-state index contributed by atoms with van der Waals surface area (Å²) in [6.07, 6.45) is 3.23. The molecule has 0 spiro atoms. The quantitative estimate of drug-likeness (QED) is 0.764. The van der Waals surface area contributed by atoms with Crippen LogP contribution in [-0.2, 0) is 0 Å². The zero-order valence-electron chi connectivity index (χ0n) is 9.92. The van der Waals surface area contributed by atoms with Crippen molar-refractivity contribution in [1.82, 2.24) is 0 Å². The predicted molar refractivity (Wildman–Crippen MR) is 71.6 cm³/mol. The number of alkyl halides is 1. The minimum Gasteiger partial charge on any atom is -0.493 e. The molecular formula is C13H17BrO2. The third-order valence-corrected chi connectivity index (χ3v) is 2.86. The molecule has 0 atom stereocenters. The van der Waals surface area contributed by atoms with Crippen LogP contribution in [-0.4, -0.2) is 19.5 Å². The largest absolute Gasteiger partial charge is 0.493 e. The molecule has 1 aromatic carbocycles. The molecule has 0 heterocycles. The molecule has 0 aromatic heterocycles. The summed E-state index contributed by atoms with van der Waals surface area (Å²) in [5, 5.41) is 0.984. The van der Waals surface area contributed by atoms with Crippen molar-refractivity contribution < 1.29 is 9.47 Å². The van der Waals surface area contributed by atoms with Crippen molar-refractivity contribution in [1.29, 1.82) is 0 Å². The van der Waals surface area contributed by atoms with Gasteiger partial charge in [0.1, 0.15) is 0 Å². The molecule has 0 saturated heterocycles. The van der Waals surface area contributed by atoms with Gasteiger partial charge in [0.25, 0.3) is 0 Å². The second kappa shape index (κ2) is 6.59. The van der Waals surface area contributed by atoms with E-state index in [0.29, 0.717) is 0 Å². The van der Waals surface area contributed by atoms with E-state index in [1.54, 1.807) is 14.2 Å². The Balaban J connectivity index is 2.98. The van der Waals surface area contributed by atoms with E-state index in [4.69, 9.17) is 9.47 Å². The SMILES string of the molecule is COc1ccc(/C(C)=C/CCBr)cc1OC. The van der Waals surface area contributed by atoms with Crippen molar-refractivity contribution in [2.24, 2.45) is 0 Å². The summed E-state index contributed by atoms with van der Waals surface area (Å²) >= 11 is 3.41. The summed E-state index contributed by atoms with van der Waals surface area (Å²) in [6.45, 7) is 2.10. The Morgan fingerprint density at radius 1 is 1.25 bits per heavy atom.